The van der Waals surface area contributed by atoms with Crippen LogP contribution in [0.2, 0.25) is 0 Å². The van der Waals surface area contributed by atoms with Gasteiger partial charge in [0.15, 0.2) is 5.69 Å². The lowest BCUT2D eigenvalue weighted by molar-refractivity contribution is 0.0765. The first kappa shape index (κ1) is 17.6. The molecule has 1 amide bonds. The summed E-state index contributed by atoms with van der Waals surface area (Å²) in [5, 5.41) is 11.8. The van der Waals surface area contributed by atoms with E-state index in [1.807, 2.05) is 13.8 Å². The lowest BCUT2D eigenvalue weighted by atomic mass is 10.1. The van der Waals surface area contributed by atoms with Crippen molar-refractivity contribution in [2.24, 2.45) is 11.1 Å². The Bertz CT molecular complexity index is 607. The largest absolute Gasteiger partial charge is 0.340 e. The number of carbonyl (C=O) groups excluding carboxylic acids is 1. The van der Waals surface area contributed by atoms with Gasteiger partial charge in [0.05, 0.1) is 5.69 Å². The third-order valence-corrected chi connectivity index (χ3v) is 4.42. The number of amides is 1. The van der Waals surface area contributed by atoms with Crippen molar-refractivity contribution in [2.45, 2.75) is 44.9 Å². The highest BCUT2D eigenvalue weighted by atomic mass is 32.2. The average Bonchev–Trinajstić information content (AvgIpc) is 2.82. The highest BCUT2D eigenvalue weighted by molar-refractivity contribution is 7.89. The molecule has 1 atom stereocenters. The SMILES string of the molecule is CCC(C)CN(C)C(=O)c1n[nH]c(C(C)C)c1S(N)(=O)=O. The molecule has 1 aromatic rings. The minimum atomic E-state index is -4.02. The second-order valence-corrected chi connectivity index (χ2v) is 7.21. The van der Waals surface area contributed by atoms with E-state index in [1.165, 1.54) is 4.90 Å². The molecule has 8 heteroatoms. The van der Waals surface area contributed by atoms with Crippen molar-refractivity contribution in [1.29, 1.82) is 0 Å². The molecule has 1 heterocycles. The number of nitrogens with one attached hydrogen (secondary N) is 1. The molecule has 0 bridgehead atoms. The summed E-state index contributed by atoms with van der Waals surface area (Å²) >= 11 is 0. The van der Waals surface area contributed by atoms with Crippen LogP contribution in [-0.4, -0.2) is 43.0 Å². The highest BCUT2D eigenvalue weighted by Crippen LogP contribution is 2.24. The Labute approximate surface area is 126 Å². The Morgan fingerprint density at radius 3 is 2.38 bits per heavy atom. The molecule has 0 saturated heterocycles. The number of hydrogen-bond acceptors (Lipinski definition) is 4. The molecule has 7 nitrogen and oxygen atoms in total. The Balaban J connectivity index is 3.22. The Morgan fingerprint density at radius 2 is 1.95 bits per heavy atom. The lowest BCUT2D eigenvalue weighted by Crippen LogP contribution is -2.32. The van der Waals surface area contributed by atoms with Crippen LogP contribution in [-0.2, 0) is 10.0 Å². The van der Waals surface area contributed by atoms with E-state index in [-0.39, 0.29) is 16.5 Å². The molecule has 120 valence electrons. The molecule has 0 aliphatic rings. The van der Waals surface area contributed by atoms with Crippen molar-refractivity contribution in [3.05, 3.63) is 11.4 Å². The minimum absolute atomic E-state index is 0.132. The number of sulfonamides is 1. The Hall–Kier alpha value is -1.41. The fourth-order valence-corrected chi connectivity index (χ4v) is 3.02. The molecule has 0 spiro atoms. The van der Waals surface area contributed by atoms with Gasteiger partial charge in [-0.15, -0.1) is 0 Å². The summed E-state index contributed by atoms with van der Waals surface area (Å²) in [7, 11) is -2.39. The number of H-pyrrole nitrogens is 1. The highest BCUT2D eigenvalue weighted by Gasteiger charge is 2.30. The van der Waals surface area contributed by atoms with Crippen LogP contribution < -0.4 is 5.14 Å². The van der Waals surface area contributed by atoms with Crippen molar-refractivity contribution in [2.75, 3.05) is 13.6 Å². The Morgan fingerprint density at radius 1 is 1.38 bits per heavy atom. The fourth-order valence-electron chi connectivity index (χ4n) is 2.03. The molecule has 0 saturated carbocycles. The van der Waals surface area contributed by atoms with Gasteiger partial charge in [-0.1, -0.05) is 34.1 Å². The van der Waals surface area contributed by atoms with E-state index in [4.69, 9.17) is 5.14 Å². The fraction of sp³-hybridized carbons (Fsp3) is 0.692. The van der Waals surface area contributed by atoms with Crippen molar-refractivity contribution in [1.82, 2.24) is 15.1 Å². The zero-order valence-electron chi connectivity index (χ0n) is 13.2. The van der Waals surface area contributed by atoms with E-state index in [2.05, 4.69) is 10.2 Å². The van der Waals surface area contributed by atoms with Gasteiger partial charge in [-0.05, 0) is 11.8 Å². The summed E-state index contributed by atoms with van der Waals surface area (Å²) in [6.45, 7) is 8.19. The van der Waals surface area contributed by atoms with Gasteiger partial charge in [-0.3, -0.25) is 9.89 Å². The molecule has 0 fully saturated rings. The predicted octanol–water partition coefficient (Wildman–Crippen LogP) is 1.30. The number of aromatic nitrogens is 2. The number of nitrogens with zero attached hydrogens (tertiary/aromatic N) is 2. The maximum Gasteiger partial charge on any atom is 0.275 e. The molecule has 0 aromatic carbocycles. The van der Waals surface area contributed by atoms with Gasteiger partial charge in [0.1, 0.15) is 4.90 Å². The summed E-state index contributed by atoms with van der Waals surface area (Å²) < 4.78 is 23.6. The van der Waals surface area contributed by atoms with E-state index < -0.39 is 15.9 Å². The number of rotatable bonds is 6. The summed E-state index contributed by atoms with van der Waals surface area (Å²) in [4.78, 5) is 13.7. The third-order valence-electron chi connectivity index (χ3n) is 3.44. The van der Waals surface area contributed by atoms with Crippen molar-refractivity contribution >= 4 is 15.9 Å². The van der Waals surface area contributed by atoms with Crippen molar-refractivity contribution < 1.29 is 13.2 Å². The maximum absolute atomic E-state index is 12.4. The molecular weight excluding hydrogens is 292 g/mol. The summed E-state index contributed by atoms with van der Waals surface area (Å²) in [6, 6.07) is 0. The van der Waals surface area contributed by atoms with Crippen LogP contribution >= 0.6 is 0 Å². The Kier molecular flexibility index (Phi) is 5.52. The zero-order chi connectivity index (χ0) is 16.4. The quantitative estimate of drug-likeness (QED) is 0.824. The van der Waals surface area contributed by atoms with Crippen LogP contribution in [0.15, 0.2) is 4.90 Å². The number of hydrogen-bond donors (Lipinski definition) is 2. The van der Waals surface area contributed by atoms with Crippen molar-refractivity contribution in [3.8, 4) is 0 Å². The van der Waals surface area contributed by atoms with Gasteiger partial charge >= 0.3 is 0 Å². The van der Waals surface area contributed by atoms with Gasteiger partial charge in [0.25, 0.3) is 5.91 Å². The topological polar surface area (TPSA) is 109 Å². The smallest absolute Gasteiger partial charge is 0.275 e. The second-order valence-electron chi connectivity index (χ2n) is 5.71. The molecular formula is C13H24N4O3S. The normalized spacial score (nSPS) is 13.5. The van der Waals surface area contributed by atoms with Gasteiger partial charge in [-0.2, -0.15) is 5.10 Å². The van der Waals surface area contributed by atoms with Gasteiger partial charge in [-0.25, -0.2) is 13.6 Å². The molecule has 0 aliphatic heterocycles. The van der Waals surface area contributed by atoms with Gasteiger partial charge in [0.2, 0.25) is 10.0 Å². The summed E-state index contributed by atoms with van der Waals surface area (Å²) in [5.74, 6) is -0.255. The first-order valence-corrected chi connectivity index (χ1v) is 8.50. The van der Waals surface area contributed by atoms with Crippen LogP contribution in [0.5, 0.6) is 0 Å². The number of carbonyl (C=O) groups is 1. The monoisotopic (exact) mass is 316 g/mol. The van der Waals surface area contributed by atoms with Crippen LogP contribution in [0, 0.1) is 5.92 Å². The lowest BCUT2D eigenvalue weighted by Gasteiger charge is -2.20. The van der Waals surface area contributed by atoms with Crippen LogP contribution in [0.25, 0.3) is 0 Å². The maximum atomic E-state index is 12.4. The summed E-state index contributed by atoms with van der Waals surface area (Å²) in [5.41, 5.74) is 0.227. The zero-order valence-corrected chi connectivity index (χ0v) is 14.0. The first-order chi connectivity index (χ1) is 9.59. The standard InChI is InChI=1S/C13H24N4O3S/c1-6-9(4)7-17(5)13(18)11-12(21(14,19)20)10(8(2)3)15-16-11/h8-9H,6-7H2,1-5H3,(H,15,16)(H2,14,19,20). The van der Waals surface area contributed by atoms with E-state index >= 15 is 0 Å². The molecule has 1 aromatic heterocycles. The minimum Gasteiger partial charge on any atom is -0.340 e. The van der Waals surface area contributed by atoms with E-state index in [0.717, 1.165) is 6.42 Å². The van der Waals surface area contributed by atoms with Crippen LogP contribution in [0.3, 0.4) is 0 Å². The third kappa shape index (κ3) is 4.04. The number of nitrogens with two attached hydrogens (primary N) is 1. The van der Waals surface area contributed by atoms with Crippen LogP contribution in [0.1, 0.15) is 56.2 Å². The first-order valence-electron chi connectivity index (χ1n) is 6.96. The molecule has 3 N–H and O–H groups in total. The van der Waals surface area contributed by atoms with Gasteiger partial charge in [0, 0.05) is 13.6 Å². The molecule has 21 heavy (non-hydrogen) atoms. The predicted molar refractivity (Wildman–Crippen MR) is 80.5 cm³/mol. The average molecular weight is 316 g/mol. The molecule has 1 rings (SSSR count). The van der Waals surface area contributed by atoms with E-state index in [1.54, 1.807) is 20.9 Å². The van der Waals surface area contributed by atoms with Gasteiger partial charge < -0.3 is 4.90 Å². The molecule has 1 unspecified atom stereocenters. The van der Waals surface area contributed by atoms with Crippen molar-refractivity contribution in [3.63, 3.8) is 0 Å². The summed E-state index contributed by atoms with van der Waals surface area (Å²) in [6.07, 6.45) is 0.928. The van der Waals surface area contributed by atoms with E-state index in [9.17, 15) is 13.2 Å². The number of aromatic amines is 1. The number of primary sulfonamides is 1. The van der Waals surface area contributed by atoms with E-state index in [0.29, 0.717) is 18.2 Å². The second kappa shape index (κ2) is 6.57. The molecule has 0 aliphatic carbocycles. The molecule has 0 radical (unpaired) electrons. The van der Waals surface area contributed by atoms with Crippen LogP contribution in [0.4, 0.5) is 0 Å².